The van der Waals surface area contributed by atoms with Crippen molar-refractivity contribution in [3.05, 3.63) is 65.9 Å². The minimum absolute atomic E-state index is 0.0239. The summed E-state index contributed by atoms with van der Waals surface area (Å²) in [6.07, 6.45) is 3.24. The van der Waals surface area contributed by atoms with Gasteiger partial charge in [0.1, 0.15) is 6.04 Å². The molecule has 2 atom stereocenters. The molecule has 0 bridgehead atoms. The zero-order chi connectivity index (χ0) is 19.5. The fraction of sp³-hybridized carbons (Fsp3) is 0.273. The maximum Gasteiger partial charge on any atom is 0.243 e. The van der Waals surface area contributed by atoms with Crippen molar-refractivity contribution in [2.45, 2.75) is 36.7 Å². The van der Waals surface area contributed by atoms with Crippen LogP contribution in [0.2, 0.25) is 0 Å². The SMILES string of the molecule is CC(=O)N[C@@H](Cc1c[nH]c2ccccc12)C(=O)N[C@H]1CCSc2ccccc21. The molecule has 2 aromatic carbocycles. The van der Waals surface area contributed by atoms with E-state index in [4.69, 9.17) is 0 Å². The monoisotopic (exact) mass is 393 g/mol. The second-order valence-corrected chi connectivity index (χ2v) is 8.19. The molecule has 0 unspecified atom stereocenters. The normalized spacial score (nSPS) is 17.0. The lowest BCUT2D eigenvalue weighted by Gasteiger charge is -2.28. The van der Waals surface area contributed by atoms with Crippen molar-refractivity contribution in [3.63, 3.8) is 0 Å². The number of amides is 2. The molecule has 1 aliphatic rings. The summed E-state index contributed by atoms with van der Waals surface area (Å²) >= 11 is 1.82. The van der Waals surface area contributed by atoms with Gasteiger partial charge in [-0.1, -0.05) is 36.4 Å². The summed E-state index contributed by atoms with van der Waals surface area (Å²) in [5.41, 5.74) is 3.20. The first kappa shape index (κ1) is 18.6. The van der Waals surface area contributed by atoms with Gasteiger partial charge in [-0.3, -0.25) is 9.59 Å². The number of benzene rings is 2. The van der Waals surface area contributed by atoms with Gasteiger partial charge in [-0.15, -0.1) is 11.8 Å². The molecule has 0 aliphatic carbocycles. The number of H-pyrrole nitrogens is 1. The molecule has 144 valence electrons. The molecule has 1 aliphatic heterocycles. The third-order valence-corrected chi connectivity index (χ3v) is 6.19. The zero-order valence-electron chi connectivity index (χ0n) is 15.7. The Bertz CT molecular complexity index is 1010. The van der Waals surface area contributed by atoms with Crippen LogP contribution in [0.15, 0.2) is 59.6 Å². The average Bonchev–Trinajstić information content (AvgIpc) is 3.10. The average molecular weight is 394 g/mol. The van der Waals surface area contributed by atoms with E-state index >= 15 is 0 Å². The number of para-hydroxylation sites is 1. The molecule has 4 rings (SSSR count). The van der Waals surface area contributed by atoms with E-state index in [0.29, 0.717) is 6.42 Å². The summed E-state index contributed by atoms with van der Waals surface area (Å²) in [7, 11) is 0. The maximum atomic E-state index is 13.1. The predicted molar refractivity (Wildman–Crippen MR) is 112 cm³/mol. The van der Waals surface area contributed by atoms with Gasteiger partial charge in [0.2, 0.25) is 11.8 Å². The van der Waals surface area contributed by atoms with Crippen LogP contribution in [0.4, 0.5) is 0 Å². The van der Waals surface area contributed by atoms with Crippen LogP contribution in [0.3, 0.4) is 0 Å². The molecule has 2 amide bonds. The summed E-state index contributed by atoms with van der Waals surface area (Å²) in [6, 6.07) is 15.5. The molecule has 2 heterocycles. The second kappa shape index (κ2) is 8.10. The van der Waals surface area contributed by atoms with Crippen LogP contribution in [0.25, 0.3) is 10.9 Å². The summed E-state index contributed by atoms with van der Waals surface area (Å²) in [5.74, 6) is 0.613. The van der Waals surface area contributed by atoms with Gasteiger partial charge in [0, 0.05) is 41.1 Å². The highest BCUT2D eigenvalue weighted by Gasteiger charge is 2.27. The molecular weight excluding hydrogens is 370 g/mol. The molecule has 3 N–H and O–H groups in total. The van der Waals surface area contributed by atoms with E-state index in [1.54, 1.807) is 0 Å². The van der Waals surface area contributed by atoms with Crippen molar-refractivity contribution in [1.82, 2.24) is 15.6 Å². The maximum absolute atomic E-state index is 13.1. The largest absolute Gasteiger partial charge is 0.361 e. The summed E-state index contributed by atoms with van der Waals surface area (Å²) in [5, 5.41) is 7.06. The number of carbonyl (C=O) groups excluding carboxylic acids is 2. The van der Waals surface area contributed by atoms with Crippen molar-refractivity contribution >= 4 is 34.5 Å². The number of aromatic amines is 1. The predicted octanol–water partition coefficient (Wildman–Crippen LogP) is 3.57. The Balaban J connectivity index is 1.54. The Morgan fingerprint density at radius 1 is 1.18 bits per heavy atom. The van der Waals surface area contributed by atoms with E-state index in [1.165, 1.54) is 11.8 Å². The minimum Gasteiger partial charge on any atom is -0.361 e. The van der Waals surface area contributed by atoms with Gasteiger partial charge >= 0.3 is 0 Å². The Kier molecular flexibility index (Phi) is 5.39. The molecular formula is C22H23N3O2S. The number of nitrogens with one attached hydrogen (secondary N) is 3. The Hall–Kier alpha value is -2.73. The van der Waals surface area contributed by atoms with E-state index in [0.717, 1.165) is 34.2 Å². The lowest BCUT2D eigenvalue weighted by atomic mass is 10.0. The number of aromatic nitrogens is 1. The topological polar surface area (TPSA) is 74.0 Å². The molecule has 6 heteroatoms. The van der Waals surface area contributed by atoms with Crippen LogP contribution in [0.1, 0.15) is 30.5 Å². The number of fused-ring (bicyclic) bond motifs is 2. The summed E-state index contributed by atoms with van der Waals surface area (Å²) < 4.78 is 0. The van der Waals surface area contributed by atoms with Gasteiger partial charge in [-0.25, -0.2) is 0 Å². The molecule has 0 fully saturated rings. The van der Waals surface area contributed by atoms with E-state index < -0.39 is 6.04 Å². The Morgan fingerprint density at radius 2 is 1.96 bits per heavy atom. The molecule has 3 aromatic rings. The van der Waals surface area contributed by atoms with Crippen LogP contribution < -0.4 is 10.6 Å². The Labute approximate surface area is 168 Å². The molecule has 0 saturated heterocycles. The molecule has 28 heavy (non-hydrogen) atoms. The number of hydrogen-bond donors (Lipinski definition) is 3. The van der Waals surface area contributed by atoms with Gasteiger partial charge < -0.3 is 15.6 Å². The third-order valence-electron chi connectivity index (χ3n) is 5.07. The van der Waals surface area contributed by atoms with Gasteiger partial charge in [-0.2, -0.15) is 0 Å². The number of hydrogen-bond acceptors (Lipinski definition) is 3. The zero-order valence-corrected chi connectivity index (χ0v) is 16.5. The quantitative estimate of drug-likeness (QED) is 0.620. The first-order valence-electron chi connectivity index (χ1n) is 9.46. The van der Waals surface area contributed by atoms with Crippen molar-refractivity contribution in [3.8, 4) is 0 Å². The van der Waals surface area contributed by atoms with Crippen molar-refractivity contribution < 1.29 is 9.59 Å². The molecule has 5 nitrogen and oxygen atoms in total. The molecule has 1 aromatic heterocycles. The highest BCUT2D eigenvalue weighted by Crippen LogP contribution is 2.35. The van der Waals surface area contributed by atoms with E-state index in [1.807, 2.05) is 54.4 Å². The number of carbonyl (C=O) groups is 2. The summed E-state index contributed by atoms with van der Waals surface area (Å²) in [6.45, 7) is 1.45. The molecule has 0 saturated carbocycles. The number of rotatable bonds is 5. The lowest BCUT2D eigenvalue weighted by Crippen LogP contribution is -2.48. The molecule has 0 spiro atoms. The summed E-state index contributed by atoms with van der Waals surface area (Å²) in [4.78, 5) is 29.3. The van der Waals surface area contributed by atoms with E-state index in [2.05, 4.69) is 27.8 Å². The van der Waals surface area contributed by atoms with Gasteiger partial charge in [-0.05, 0) is 29.7 Å². The smallest absolute Gasteiger partial charge is 0.243 e. The van der Waals surface area contributed by atoms with Crippen molar-refractivity contribution in [2.24, 2.45) is 0 Å². The van der Waals surface area contributed by atoms with Gasteiger partial charge in [0.25, 0.3) is 0 Å². The lowest BCUT2D eigenvalue weighted by molar-refractivity contribution is -0.128. The van der Waals surface area contributed by atoms with Crippen molar-refractivity contribution in [2.75, 3.05) is 5.75 Å². The first-order chi connectivity index (χ1) is 13.6. The van der Waals surface area contributed by atoms with Gasteiger partial charge in [0.05, 0.1) is 6.04 Å². The van der Waals surface area contributed by atoms with E-state index in [-0.39, 0.29) is 17.9 Å². The Morgan fingerprint density at radius 3 is 2.82 bits per heavy atom. The van der Waals surface area contributed by atoms with Crippen molar-refractivity contribution in [1.29, 1.82) is 0 Å². The van der Waals surface area contributed by atoms with E-state index in [9.17, 15) is 9.59 Å². The highest BCUT2D eigenvalue weighted by atomic mass is 32.2. The standard InChI is InChI=1S/C22H23N3O2S/c1-14(26)24-20(12-15-13-23-18-8-4-2-6-16(15)18)22(27)25-19-10-11-28-21-9-5-3-7-17(19)21/h2-9,13,19-20,23H,10-12H2,1H3,(H,24,26)(H,25,27)/t19-,20-/m0/s1. The minimum atomic E-state index is -0.613. The second-order valence-electron chi connectivity index (χ2n) is 7.05. The van der Waals surface area contributed by atoms with Crippen LogP contribution in [0, 0.1) is 0 Å². The number of thioether (sulfide) groups is 1. The first-order valence-corrected chi connectivity index (χ1v) is 10.4. The van der Waals surface area contributed by atoms with Crippen LogP contribution >= 0.6 is 11.8 Å². The van der Waals surface area contributed by atoms with Crippen LogP contribution in [-0.4, -0.2) is 28.6 Å². The van der Waals surface area contributed by atoms with Crippen LogP contribution in [0.5, 0.6) is 0 Å². The fourth-order valence-corrected chi connectivity index (χ4v) is 4.86. The van der Waals surface area contributed by atoms with Gasteiger partial charge in [0.15, 0.2) is 0 Å². The third kappa shape index (κ3) is 3.92. The van der Waals surface area contributed by atoms with Crippen LogP contribution in [-0.2, 0) is 16.0 Å². The highest BCUT2D eigenvalue weighted by molar-refractivity contribution is 7.99. The fourth-order valence-electron chi connectivity index (χ4n) is 3.74. The molecule has 0 radical (unpaired) electrons.